The van der Waals surface area contributed by atoms with Crippen molar-refractivity contribution in [1.82, 2.24) is 0 Å². The molecule has 1 atom stereocenters. The number of hydrogen-bond acceptors (Lipinski definition) is 3. The Morgan fingerprint density at radius 3 is 2.89 bits per heavy atom. The van der Waals surface area contributed by atoms with Crippen LogP contribution in [0.4, 0.5) is 5.69 Å². The molecule has 0 heterocycles. The van der Waals surface area contributed by atoms with Crippen LogP contribution in [0.1, 0.15) is 13.3 Å². The first kappa shape index (κ1) is 15.6. The number of nitrogens with two attached hydrogens (primary N) is 1. The monoisotopic (exact) mass is 306 g/mol. The molecule has 0 spiro atoms. The van der Waals surface area contributed by atoms with Gasteiger partial charge in [0.2, 0.25) is 5.91 Å². The fraction of sp³-hybridized carbons (Fsp3) is 0.417. The number of carbonyl (C=O) groups is 1. The van der Waals surface area contributed by atoms with Gasteiger partial charge in [-0.2, -0.15) is 11.8 Å². The lowest BCUT2D eigenvalue weighted by Crippen LogP contribution is -2.23. The molecule has 1 amide bonds. The lowest BCUT2D eigenvalue weighted by atomic mass is 10.3. The zero-order valence-electron chi connectivity index (χ0n) is 10.1. The molecular formula is C12H16Cl2N2OS. The highest BCUT2D eigenvalue weighted by molar-refractivity contribution is 8.00. The largest absolute Gasteiger partial charge is 0.327 e. The minimum Gasteiger partial charge on any atom is -0.327 e. The Hall–Kier alpha value is -0.420. The number of anilines is 1. The molecule has 0 fully saturated rings. The molecule has 1 rings (SSSR count). The summed E-state index contributed by atoms with van der Waals surface area (Å²) in [5, 5.41) is 3.74. The minimum atomic E-state index is -0.104. The number of amides is 1. The molecule has 3 N–H and O–H groups in total. The van der Waals surface area contributed by atoms with Crippen molar-refractivity contribution in [2.45, 2.75) is 19.4 Å². The van der Waals surface area contributed by atoms with Crippen LogP contribution in [0.25, 0.3) is 0 Å². The van der Waals surface area contributed by atoms with Crippen molar-refractivity contribution in [2.75, 3.05) is 16.8 Å². The fourth-order valence-electron chi connectivity index (χ4n) is 1.20. The molecule has 0 aliphatic rings. The first-order chi connectivity index (χ1) is 8.52. The van der Waals surface area contributed by atoms with Crippen LogP contribution in [0.15, 0.2) is 18.2 Å². The van der Waals surface area contributed by atoms with Gasteiger partial charge in [-0.1, -0.05) is 30.1 Å². The Bertz CT molecular complexity index is 415. The van der Waals surface area contributed by atoms with Gasteiger partial charge in [0.1, 0.15) is 0 Å². The molecule has 100 valence electrons. The summed E-state index contributed by atoms with van der Waals surface area (Å²) < 4.78 is 0. The molecule has 6 heteroatoms. The second-order valence-corrected chi connectivity index (χ2v) is 5.73. The third-order valence-electron chi connectivity index (χ3n) is 2.29. The van der Waals surface area contributed by atoms with E-state index in [1.165, 1.54) is 11.8 Å². The van der Waals surface area contributed by atoms with Crippen molar-refractivity contribution >= 4 is 46.6 Å². The van der Waals surface area contributed by atoms with Gasteiger partial charge >= 0.3 is 0 Å². The predicted molar refractivity (Wildman–Crippen MR) is 80.7 cm³/mol. The minimum absolute atomic E-state index is 0.104. The SMILES string of the molecule is CCC(N)CSCC(=O)Nc1cc(Cl)ccc1Cl. The van der Waals surface area contributed by atoms with Gasteiger partial charge in [0.15, 0.2) is 0 Å². The predicted octanol–water partition coefficient (Wildman–Crippen LogP) is 3.40. The van der Waals surface area contributed by atoms with Crippen molar-refractivity contribution in [2.24, 2.45) is 5.73 Å². The summed E-state index contributed by atoms with van der Waals surface area (Å²) >= 11 is 13.3. The van der Waals surface area contributed by atoms with E-state index in [0.29, 0.717) is 21.5 Å². The van der Waals surface area contributed by atoms with E-state index in [4.69, 9.17) is 28.9 Å². The molecule has 1 unspecified atom stereocenters. The fourth-order valence-corrected chi connectivity index (χ4v) is 2.45. The molecular weight excluding hydrogens is 291 g/mol. The highest BCUT2D eigenvalue weighted by Gasteiger charge is 2.07. The van der Waals surface area contributed by atoms with E-state index in [1.54, 1.807) is 18.2 Å². The third-order valence-corrected chi connectivity index (χ3v) is 3.99. The molecule has 0 aliphatic carbocycles. The molecule has 0 bridgehead atoms. The summed E-state index contributed by atoms with van der Waals surface area (Å²) in [5.74, 6) is 1.02. The molecule has 0 aromatic heterocycles. The Balaban J connectivity index is 2.42. The first-order valence-electron chi connectivity index (χ1n) is 5.61. The summed E-state index contributed by atoms with van der Waals surface area (Å²) in [6, 6.07) is 5.09. The summed E-state index contributed by atoms with van der Waals surface area (Å²) in [6.07, 6.45) is 0.911. The van der Waals surface area contributed by atoms with Gasteiger partial charge in [0, 0.05) is 16.8 Å². The van der Waals surface area contributed by atoms with Gasteiger partial charge in [0.05, 0.1) is 16.5 Å². The average Bonchev–Trinajstić information content (AvgIpc) is 2.33. The van der Waals surface area contributed by atoms with E-state index in [0.717, 1.165) is 12.2 Å². The summed E-state index contributed by atoms with van der Waals surface area (Å²) in [6.45, 7) is 2.02. The number of hydrogen-bond donors (Lipinski definition) is 2. The van der Waals surface area contributed by atoms with Crippen molar-refractivity contribution in [1.29, 1.82) is 0 Å². The standard InChI is InChI=1S/C12H16Cl2N2OS/c1-2-9(15)6-18-7-12(17)16-11-5-8(13)3-4-10(11)14/h3-5,9H,2,6-7,15H2,1H3,(H,16,17). The maximum absolute atomic E-state index is 11.7. The van der Waals surface area contributed by atoms with Gasteiger partial charge in [0.25, 0.3) is 0 Å². The van der Waals surface area contributed by atoms with Gasteiger partial charge in [-0.05, 0) is 24.6 Å². The van der Waals surface area contributed by atoms with Gasteiger partial charge in [-0.15, -0.1) is 0 Å². The zero-order valence-corrected chi connectivity index (χ0v) is 12.4. The number of rotatable bonds is 6. The van der Waals surface area contributed by atoms with Crippen LogP contribution < -0.4 is 11.1 Å². The third kappa shape index (κ3) is 5.48. The molecule has 1 aromatic carbocycles. The Morgan fingerprint density at radius 1 is 1.50 bits per heavy atom. The van der Waals surface area contributed by atoms with Crippen LogP contribution in [0.2, 0.25) is 10.0 Å². The maximum atomic E-state index is 11.7. The van der Waals surface area contributed by atoms with Crippen molar-refractivity contribution < 1.29 is 4.79 Å². The van der Waals surface area contributed by atoms with Gasteiger partial charge in [-0.25, -0.2) is 0 Å². The quantitative estimate of drug-likeness (QED) is 0.847. The Morgan fingerprint density at radius 2 is 2.22 bits per heavy atom. The van der Waals surface area contributed by atoms with Crippen LogP contribution >= 0.6 is 35.0 Å². The molecule has 1 aromatic rings. The van der Waals surface area contributed by atoms with Gasteiger partial charge < -0.3 is 11.1 Å². The average molecular weight is 307 g/mol. The first-order valence-corrected chi connectivity index (χ1v) is 7.52. The summed E-state index contributed by atoms with van der Waals surface area (Å²) in [7, 11) is 0. The van der Waals surface area contributed by atoms with E-state index < -0.39 is 0 Å². The molecule has 0 saturated heterocycles. The van der Waals surface area contributed by atoms with Gasteiger partial charge in [-0.3, -0.25) is 4.79 Å². The van der Waals surface area contributed by atoms with E-state index in [9.17, 15) is 4.79 Å². The highest BCUT2D eigenvalue weighted by Crippen LogP contribution is 2.25. The molecule has 3 nitrogen and oxygen atoms in total. The van der Waals surface area contributed by atoms with Crippen LogP contribution in [-0.2, 0) is 4.79 Å². The molecule has 0 aliphatic heterocycles. The smallest absolute Gasteiger partial charge is 0.234 e. The van der Waals surface area contributed by atoms with Crippen LogP contribution in [0.3, 0.4) is 0 Å². The van der Waals surface area contributed by atoms with Crippen molar-refractivity contribution in [3.05, 3.63) is 28.2 Å². The molecule has 0 radical (unpaired) electrons. The lowest BCUT2D eigenvalue weighted by Gasteiger charge is -2.09. The van der Waals surface area contributed by atoms with Crippen molar-refractivity contribution in [3.8, 4) is 0 Å². The zero-order chi connectivity index (χ0) is 13.5. The van der Waals surface area contributed by atoms with Crippen LogP contribution in [-0.4, -0.2) is 23.5 Å². The number of thioether (sulfide) groups is 1. The Kier molecular flexibility index (Phi) is 6.86. The highest BCUT2D eigenvalue weighted by atomic mass is 35.5. The van der Waals surface area contributed by atoms with E-state index in [-0.39, 0.29) is 11.9 Å². The van der Waals surface area contributed by atoms with E-state index in [2.05, 4.69) is 5.32 Å². The maximum Gasteiger partial charge on any atom is 0.234 e. The van der Waals surface area contributed by atoms with E-state index >= 15 is 0 Å². The summed E-state index contributed by atoms with van der Waals surface area (Å²) in [4.78, 5) is 11.7. The number of benzene rings is 1. The number of nitrogens with one attached hydrogen (secondary N) is 1. The Labute approximate surface area is 121 Å². The second kappa shape index (κ2) is 7.89. The van der Waals surface area contributed by atoms with Crippen LogP contribution in [0, 0.1) is 0 Å². The molecule has 18 heavy (non-hydrogen) atoms. The number of carbonyl (C=O) groups excluding carboxylic acids is 1. The normalized spacial score (nSPS) is 12.2. The van der Waals surface area contributed by atoms with Crippen molar-refractivity contribution in [3.63, 3.8) is 0 Å². The lowest BCUT2D eigenvalue weighted by molar-refractivity contribution is -0.113. The second-order valence-electron chi connectivity index (χ2n) is 3.86. The summed E-state index contributed by atoms with van der Waals surface area (Å²) in [5.41, 5.74) is 6.30. The number of halogens is 2. The van der Waals surface area contributed by atoms with E-state index in [1.807, 2.05) is 6.92 Å². The van der Waals surface area contributed by atoms with Crippen LogP contribution in [0.5, 0.6) is 0 Å². The topological polar surface area (TPSA) is 55.1 Å². The molecule has 0 saturated carbocycles.